The lowest BCUT2D eigenvalue weighted by atomic mass is 10.1. The lowest BCUT2D eigenvalue weighted by Gasteiger charge is -2.29. The number of hydrogen-bond donors (Lipinski definition) is 1. The molecular formula is C11H17N3O2S. The second-order valence-electron chi connectivity index (χ2n) is 4.44. The lowest BCUT2D eigenvalue weighted by Crippen LogP contribution is -2.45. The average molecular weight is 255 g/mol. The molecule has 1 fully saturated rings. The molecule has 6 heteroatoms. The summed E-state index contributed by atoms with van der Waals surface area (Å²) in [6.07, 6.45) is 3.26. The Hall–Kier alpha value is -0.980. The number of sulfonamides is 1. The molecule has 1 aliphatic heterocycles. The van der Waals surface area contributed by atoms with E-state index in [4.69, 9.17) is 5.73 Å². The van der Waals surface area contributed by atoms with Crippen LogP contribution in [0.4, 0.5) is 0 Å². The van der Waals surface area contributed by atoms with Gasteiger partial charge in [-0.2, -0.15) is 4.31 Å². The van der Waals surface area contributed by atoms with E-state index in [9.17, 15) is 8.42 Å². The summed E-state index contributed by atoms with van der Waals surface area (Å²) in [5.74, 6) is 0. The quantitative estimate of drug-likeness (QED) is 0.835. The second kappa shape index (κ2) is 4.72. The average Bonchev–Trinajstić information content (AvgIpc) is 2.29. The topological polar surface area (TPSA) is 76.3 Å². The van der Waals surface area contributed by atoms with Crippen LogP contribution < -0.4 is 5.73 Å². The van der Waals surface area contributed by atoms with E-state index in [1.807, 2.05) is 6.92 Å². The molecule has 0 bridgehead atoms. The first-order valence-corrected chi connectivity index (χ1v) is 7.12. The van der Waals surface area contributed by atoms with Crippen molar-refractivity contribution in [3.8, 4) is 0 Å². The van der Waals surface area contributed by atoms with E-state index < -0.39 is 10.0 Å². The standard InChI is InChI=1S/C11H17N3O2S/c1-9-4-5-11(13-7-9)17(15,16)14-6-2-3-10(12)8-14/h4-5,7,10H,2-3,6,8,12H2,1H3/t10-/m1/s1. The maximum absolute atomic E-state index is 12.3. The molecule has 1 atom stereocenters. The number of aromatic nitrogens is 1. The number of hydrogen-bond acceptors (Lipinski definition) is 4. The van der Waals surface area contributed by atoms with Gasteiger partial charge in [0.25, 0.3) is 10.0 Å². The van der Waals surface area contributed by atoms with E-state index in [1.54, 1.807) is 18.3 Å². The Kier molecular flexibility index (Phi) is 3.46. The van der Waals surface area contributed by atoms with Gasteiger partial charge in [0.2, 0.25) is 0 Å². The highest BCUT2D eigenvalue weighted by Gasteiger charge is 2.29. The normalized spacial score (nSPS) is 22.6. The van der Waals surface area contributed by atoms with Gasteiger partial charge in [-0.1, -0.05) is 6.07 Å². The highest BCUT2D eigenvalue weighted by Crippen LogP contribution is 2.18. The molecular weight excluding hydrogens is 238 g/mol. The Balaban J connectivity index is 2.26. The Morgan fingerprint density at radius 3 is 2.82 bits per heavy atom. The molecule has 2 N–H and O–H groups in total. The van der Waals surface area contributed by atoms with Crippen molar-refractivity contribution in [2.75, 3.05) is 13.1 Å². The molecule has 1 aromatic heterocycles. The van der Waals surface area contributed by atoms with Crippen LogP contribution >= 0.6 is 0 Å². The first-order chi connectivity index (χ1) is 8.00. The number of nitrogens with two attached hydrogens (primary N) is 1. The third kappa shape index (κ3) is 2.65. The summed E-state index contributed by atoms with van der Waals surface area (Å²) in [6.45, 7) is 2.80. The zero-order valence-corrected chi connectivity index (χ0v) is 10.7. The summed E-state index contributed by atoms with van der Waals surface area (Å²) >= 11 is 0. The smallest absolute Gasteiger partial charge is 0.260 e. The summed E-state index contributed by atoms with van der Waals surface area (Å²) in [5.41, 5.74) is 6.74. The van der Waals surface area contributed by atoms with Gasteiger partial charge in [-0.15, -0.1) is 0 Å². The van der Waals surface area contributed by atoms with Crippen LogP contribution in [0, 0.1) is 6.92 Å². The fraction of sp³-hybridized carbons (Fsp3) is 0.545. The molecule has 0 saturated carbocycles. The van der Waals surface area contributed by atoms with Gasteiger partial charge in [-0.25, -0.2) is 13.4 Å². The summed E-state index contributed by atoms with van der Waals surface area (Å²) in [5, 5.41) is 0.109. The van der Waals surface area contributed by atoms with Crippen molar-refractivity contribution in [2.24, 2.45) is 5.73 Å². The predicted octanol–water partition coefficient (Wildman–Crippen LogP) is 0.502. The molecule has 17 heavy (non-hydrogen) atoms. The number of nitrogens with zero attached hydrogens (tertiary/aromatic N) is 2. The van der Waals surface area contributed by atoms with Crippen LogP contribution in [-0.2, 0) is 10.0 Å². The summed E-state index contributed by atoms with van der Waals surface area (Å²) in [7, 11) is -3.47. The number of pyridine rings is 1. The van der Waals surface area contributed by atoms with Crippen LogP contribution in [0.2, 0.25) is 0 Å². The first kappa shape index (κ1) is 12.5. The number of piperidine rings is 1. The Morgan fingerprint density at radius 2 is 2.24 bits per heavy atom. The van der Waals surface area contributed by atoms with Crippen molar-refractivity contribution in [1.29, 1.82) is 0 Å². The van der Waals surface area contributed by atoms with Crippen molar-refractivity contribution in [1.82, 2.24) is 9.29 Å². The molecule has 0 amide bonds. The van der Waals surface area contributed by atoms with Crippen molar-refractivity contribution in [3.05, 3.63) is 23.9 Å². The van der Waals surface area contributed by atoms with Gasteiger partial charge in [0.1, 0.15) is 0 Å². The van der Waals surface area contributed by atoms with Crippen molar-refractivity contribution in [3.63, 3.8) is 0 Å². The molecule has 2 heterocycles. The van der Waals surface area contributed by atoms with Crippen LogP contribution in [0.3, 0.4) is 0 Å². The van der Waals surface area contributed by atoms with Crippen LogP contribution in [0.1, 0.15) is 18.4 Å². The van der Waals surface area contributed by atoms with Gasteiger partial charge in [-0.05, 0) is 31.4 Å². The minimum Gasteiger partial charge on any atom is -0.327 e. The Bertz CT molecular complexity index is 484. The third-order valence-electron chi connectivity index (χ3n) is 2.91. The molecule has 5 nitrogen and oxygen atoms in total. The molecule has 2 rings (SSSR count). The molecule has 1 saturated heterocycles. The van der Waals surface area contributed by atoms with Crippen molar-refractivity contribution in [2.45, 2.75) is 30.8 Å². The van der Waals surface area contributed by atoms with E-state index in [0.717, 1.165) is 18.4 Å². The summed E-state index contributed by atoms with van der Waals surface area (Å²) < 4.78 is 25.9. The zero-order chi connectivity index (χ0) is 12.5. The van der Waals surface area contributed by atoms with Gasteiger partial charge in [0, 0.05) is 25.3 Å². The predicted molar refractivity (Wildman–Crippen MR) is 64.9 cm³/mol. The molecule has 0 aromatic carbocycles. The second-order valence-corrected chi connectivity index (χ2v) is 6.32. The molecule has 0 aliphatic carbocycles. The number of rotatable bonds is 2. The van der Waals surface area contributed by atoms with Crippen LogP contribution in [-0.4, -0.2) is 36.8 Å². The van der Waals surface area contributed by atoms with E-state index in [2.05, 4.69) is 4.98 Å². The van der Waals surface area contributed by atoms with E-state index in [1.165, 1.54) is 4.31 Å². The number of aryl methyl sites for hydroxylation is 1. The molecule has 0 unspecified atom stereocenters. The fourth-order valence-electron chi connectivity index (χ4n) is 1.93. The van der Waals surface area contributed by atoms with E-state index in [0.29, 0.717) is 13.1 Å². The molecule has 1 aromatic rings. The van der Waals surface area contributed by atoms with Gasteiger partial charge >= 0.3 is 0 Å². The highest BCUT2D eigenvalue weighted by molar-refractivity contribution is 7.89. The first-order valence-electron chi connectivity index (χ1n) is 5.68. The monoisotopic (exact) mass is 255 g/mol. The van der Waals surface area contributed by atoms with Crippen LogP contribution in [0.25, 0.3) is 0 Å². The summed E-state index contributed by atoms with van der Waals surface area (Å²) in [6, 6.07) is 3.23. The van der Waals surface area contributed by atoms with Gasteiger partial charge in [0.15, 0.2) is 5.03 Å². The van der Waals surface area contributed by atoms with E-state index in [-0.39, 0.29) is 11.1 Å². The van der Waals surface area contributed by atoms with Crippen molar-refractivity contribution < 1.29 is 8.42 Å². The molecule has 94 valence electrons. The van der Waals surface area contributed by atoms with Gasteiger partial charge < -0.3 is 5.73 Å². The summed E-state index contributed by atoms with van der Waals surface area (Å²) in [4.78, 5) is 3.98. The van der Waals surface area contributed by atoms with Gasteiger partial charge in [0.05, 0.1) is 0 Å². The van der Waals surface area contributed by atoms with E-state index >= 15 is 0 Å². The minimum absolute atomic E-state index is 0.0658. The third-order valence-corrected chi connectivity index (χ3v) is 4.69. The zero-order valence-electron chi connectivity index (χ0n) is 9.83. The highest BCUT2D eigenvalue weighted by atomic mass is 32.2. The molecule has 0 radical (unpaired) electrons. The maximum atomic E-state index is 12.3. The SMILES string of the molecule is Cc1ccc(S(=O)(=O)N2CCC[C@@H](N)C2)nc1. The Morgan fingerprint density at radius 1 is 1.47 bits per heavy atom. The van der Waals surface area contributed by atoms with Crippen LogP contribution in [0.5, 0.6) is 0 Å². The van der Waals surface area contributed by atoms with Crippen LogP contribution in [0.15, 0.2) is 23.4 Å². The largest absolute Gasteiger partial charge is 0.327 e. The van der Waals surface area contributed by atoms with Gasteiger partial charge in [-0.3, -0.25) is 0 Å². The molecule has 0 spiro atoms. The molecule has 1 aliphatic rings. The minimum atomic E-state index is -3.47. The van der Waals surface area contributed by atoms with Crippen molar-refractivity contribution >= 4 is 10.0 Å². The Labute approximate surface area is 102 Å². The fourth-order valence-corrected chi connectivity index (χ4v) is 3.38. The maximum Gasteiger partial charge on any atom is 0.260 e. The lowest BCUT2D eigenvalue weighted by molar-refractivity contribution is 0.315.